The topological polar surface area (TPSA) is 54.4 Å². The van der Waals surface area contributed by atoms with Gasteiger partial charge in [-0.05, 0) is 31.8 Å². The van der Waals surface area contributed by atoms with Crippen LogP contribution >= 0.6 is 0 Å². The molecule has 0 amide bonds. The third-order valence-corrected chi connectivity index (χ3v) is 2.30. The maximum atomic E-state index is 11.3. The smallest absolute Gasteiger partial charge is 0.300 e. The Labute approximate surface area is 96.9 Å². The summed E-state index contributed by atoms with van der Waals surface area (Å²) in [5.41, 5.74) is 2.35. The number of Topliss-reactive ketones (excluding diaryl/α,β-unsaturated/α-hetero) is 1. The number of hydrogen-bond acceptors (Lipinski definition) is 2. The average molecular weight is 224 g/mol. The predicted octanol–water partition coefficient (Wildman–Crippen LogP) is 3.11. The molecule has 0 spiro atoms. The van der Waals surface area contributed by atoms with Crippen LogP contribution in [0.25, 0.3) is 0 Å². The number of carboxylic acids is 1. The maximum absolute atomic E-state index is 11.3. The lowest BCUT2D eigenvalue weighted by Crippen LogP contribution is -1.94. The Bertz CT molecular complexity index is 307. The number of carbonyl (C=O) groups excluding carboxylic acids is 1. The SMILES string of the molecule is CC(=O)O.CC/C=C/CC1=C(C)CCC1=O. The van der Waals surface area contributed by atoms with Crippen LogP contribution in [0.3, 0.4) is 0 Å². The van der Waals surface area contributed by atoms with Crippen LogP contribution < -0.4 is 0 Å². The minimum absolute atomic E-state index is 0.355. The molecule has 3 heteroatoms. The van der Waals surface area contributed by atoms with Gasteiger partial charge >= 0.3 is 0 Å². The quantitative estimate of drug-likeness (QED) is 0.749. The molecule has 1 N–H and O–H groups in total. The Balaban J connectivity index is 0.000000487. The number of ketones is 1. The number of hydrogen-bond donors (Lipinski definition) is 1. The number of rotatable bonds is 3. The highest BCUT2D eigenvalue weighted by atomic mass is 16.4. The summed E-state index contributed by atoms with van der Waals surface area (Å²) in [5.74, 6) is -0.478. The van der Waals surface area contributed by atoms with Gasteiger partial charge in [-0.15, -0.1) is 0 Å². The van der Waals surface area contributed by atoms with Crippen molar-refractivity contribution in [3.63, 3.8) is 0 Å². The molecule has 0 unspecified atom stereocenters. The zero-order valence-electron chi connectivity index (χ0n) is 10.2. The lowest BCUT2D eigenvalue weighted by atomic mass is 10.1. The fraction of sp³-hybridized carbons (Fsp3) is 0.538. The standard InChI is InChI=1S/C11H16O.C2H4O2/c1-3-4-5-6-10-9(2)7-8-11(10)12;1-2(3)4/h4-5H,3,6-8H2,1-2H3;1H3,(H,3,4)/b5-4+;. The third kappa shape index (κ3) is 6.17. The minimum atomic E-state index is -0.833. The first-order chi connectivity index (χ1) is 7.49. The highest BCUT2D eigenvalue weighted by Crippen LogP contribution is 2.24. The molecule has 16 heavy (non-hydrogen) atoms. The normalized spacial score (nSPS) is 15.3. The Morgan fingerprint density at radius 2 is 1.94 bits per heavy atom. The molecule has 0 aromatic carbocycles. The molecular formula is C13H20O3. The van der Waals surface area contributed by atoms with Gasteiger partial charge in [0.2, 0.25) is 0 Å². The van der Waals surface area contributed by atoms with Crippen molar-refractivity contribution < 1.29 is 14.7 Å². The molecule has 0 aliphatic heterocycles. The van der Waals surface area contributed by atoms with E-state index in [-0.39, 0.29) is 0 Å². The van der Waals surface area contributed by atoms with E-state index >= 15 is 0 Å². The van der Waals surface area contributed by atoms with Gasteiger partial charge in [0.1, 0.15) is 0 Å². The molecular weight excluding hydrogens is 204 g/mol. The summed E-state index contributed by atoms with van der Waals surface area (Å²) in [5, 5.41) is 7.42. The van der Waals surface area contributed by atoms with E-state index in [1.165, 1.54) is 5.57 Å². The van der Waals surface area contributed by atoms with Crippen LogP contribution in [-0.4, -0.2) is 16.9 Å². The van der Waals surface area contributed by atoms with Crippen molar-refractivity contribution >= 4 is 11.8 Å². The van der Waals surface area contributed by atoms with E-state index in [0.29, 0.717) is 5.78 Å². The van der Waals surface area contributed by atoms with E-state index in [0.717, 1.165) is 38.2 Å². The molecule has 0 atom stereocenters. The number of aliphatic carboxylic acids is 1. The zero-order valence-corrected chi connectivity index (χ0v) is 10.2. The van der Waals surface area contributed by atoms with Crippen LogP contribution in [0, 0.1) is 0 Å². The predicted molar refractivity (Wildman–Crippen MR) is 64.3 cm³/mol. The van der Waals surface area contributed by atoms with E-state index in [1.807, 2.05) is 0 Å². The van der Waals surface area contributed by atoms with Crippen LogP contribution in [0.4, 0.5) is 0 Å². The van der Waals surface area contributed by atoms with Gasteiger partial charge < -0.3 is 5.11 Å². The minimum Gasteiger partial charge on any atom is -0.481 e. The Morgan fingerprint density at radius 3 is 2.31 bits per heavy atom. The van der Waals surface area contributed by atoms with Gasteiger partial charge in [-0.2, -0.15) is 0 Å². The van der Waals surface area contributed by atoms with Crippen LogP contribution in [-0.2, 0) is 9.59 Å². The fourth-order valence-corrected chi connectivity index (χ4v) is 1.50. The largest absolute Gasteiger partial charge is 0.481 e. The highest BCUT2D eigenvalue weighted by molar-refractivity contribution is 5.98. The number of allylic oxidation sites excluding steroid dienone is 4. The van der Waals surface area contributed by atoms with Gasteiger partial charge in [-0.3, -0.25) is 9.59 Å². The van der Waals surface area contributed by atoms with Crippen molar-refractivity contribution in [2.24, 2.45) is 0 Å². The molecule has 1 aliphatic carbocycles. The Morgan fingerprint density at radius 1 is 1.38 bits per heavy atom. The summed E-state index contributed by atoms with van der Waals surface area (Å²) in [7, 11) is 0. The third-order valence-electron chi connectivity index (χ3n) is 2.30. The van der Waals surface area contributed by atoms with E-state index in [4.69, 9.17) is 9.90 Å². The summed E-state index contributed by atoms with van der Waals surface area (Å²) in [6.07, 6.45) is 7.84. The molecule has 0 aromatic heterocycles. The van der Waals surface area contributed by atoms with Crippen molar-refractivity contribution in [1.29, 1.82) is 0 Å². The van der Waals surface area contributed by atoms with Gasteiger partial charge in [-0.25, -0.2) is 0 Å². The Kier molecular flexibility index (Phi) is 7.18. The lowest BCUT2D eigenvalue weighted by molar-refractivity contribution is -0.134. The second-order valence-corrected chi connectivity index (χ2v) is 3.78. The Hall–Kier alpha value is -1.38. The monoisotopic (exact) mass is 224 g/mol. The molecule has 90 valence electrons. The molecule has 1 aliphatic rings. The van der Waals surface area contributed by atoms with Crippen molar-refractivity contribution in [1.82, 2.24) is 0 Å². The molecule has 0 radical (unpaired) electrons. The molecule has 0 fully saturated rings. The summed E-state index contributed by atoms with van der Waals surface area (Å²) in [6, 6.07) is 0. The van der Waals surface area contributed by atoms with Crippen molar-refractivity contribution in [2.45, 2.75) is 46.5 Å². The number of carboxylic acid groups (broad SMARTS) is 1. The zero-order chi connectivity index (χ0) is 12.6. The van der Waals surface area contributed by atoms with Crippen molar-refractivity contribution in [3.8, 4) is 0 Å². The second-order valence-electron chi connectivity index (χ2n) is 3.78. The first-order valence-electron chi connectivity index (χ1n) is 5.55. The molecule has 0 saturated heterocycles. The molecule has 0 saturated carbocycles. The molecule has 1 rings (SSSR count). The van der Waals surface area contributed by atoms with Crippen molar-refractivity contribution in [2.75, 3.05) is 0 Å². The average Bonchev–Trinajstić information content (AvgIpc) is 2.48. The summed E-state index contributed by atoms with van der Waals surface area (Å²) in [6.45, 7) is 5.26. The molecule has 0 bridgehead atoms. The van der Waals surface area contributed by atoms with E-state index in [2.05, 4.69) is 26.0 Å². The highest BCUT2D eigenvalue weighted by Gasteiger charge is 2.17. The summed E-state index contributed by atoms with van der Waals surface area (Å²) >= 11 is 0. The second kappa shape index (κ2) is 7.85. The summed E-state index contributed by atoms with van der Waals surface area (Å²) < 4.78 is 0. The van der Waals surface area contributed by atoms with Crippen molar-refractivity contribution in [3.05, 3.63) is 23.3 Å². The van der Waals surface area contributed by atoms with Crippen LogP contribution in [0.1, 0.15) is 46.5 Å². The van der Waals surface area contributed by atoms with Gasteiger partial charge in [0.05, 0.1) is 0 Å². The van der Waals surface area contributed by atoms with E-state index in [9.17, 15) is 4.79 Å². The van der Waals surface area contributed by atoms with E-state index < -0.39 is 5.97 Å². The first kappa shape index (κ1) is 14.6. The van der Waals surface area contributed by atoms with Crippen LogP contribution in [0.15, 0.2) is 23.3 Å². The van der Waals surface area contributed by atoms with Gasteiger partial charge in [-0.1, -0.05) is 24.6 Å². The van der Waals surface area contributed by atoms with Gasteiger partial charge in [0.25, 0.3) is 5.97 Å². The fourth-order valence-electron chi connectivity index (χ4n) is 1.50. The van der Waals surface area contributed by atoms with Gasteiger partial charge in [0, 0.05) is 13.3 Å². The molecule has 0 aromatic rings. The van der Waals surface area contributed by atoms with E-state index in [1.54, 1.807) is 0 Å². The maximum Gasteiger partial charge on any atom is 0.300 e. The summed E-state index contributed by atoms with van der Waals surface area (Å²) in [4.78, 5) is 20.3. The van der Waals surface area contributed by atoms with Crippen LogP contribution in [0.5, 0.6) is 0 Å². The number of carbonyl (C=O) groups is 2. The first-order valence-corrected chi connectivity index (χ1v) is 5.55. The molecule has 0 heterocycles. The van der Waals surface area contributed by atoms with Crippen LogP contribution in [0.2, 0.25) is 0 Å². The lowest BCUT2D eigenvalue weighted by Gasteiger charge is -1.96. The molecule has 3 nitrogen and oxygen atoms in total. The van der Waals surface area contributed by atoms with Gasteiger partial charge in [0.15, 0.2) is 5.78 Å².